The van der Waals surface area contributed by atoms with Crippen molar-refractivity contribution in [1.29, 1.82) is 0 Å². The van der Waals surface area contributed by atoms with Crippen molar-refractivity contribution in [3.8, 4) is 0 Å². The van der Waals surface area contributed by atoms with Crippen LogP contribution in [-0.2, 0) is 0 Å². The predicted molar refractivity (Wildman–Crippen MR) is 38.6 cm³/mol. The van der Waals surface area contributed by atoms with E-state index in [4.69, 9.17) is 11.1 Å². The smallest absolute Gasteiger partial charge is 0.354 e. The summed E-state index contributed by atoms with van der Waals surface area (Å²) in [6, 6.07) is 0. The molecule has 8 heavy (non-hydrogen) atoms. The highest BCUT2D eigenvalue weighted by atomic mass is 32.2. The third-order valence-electron chi connectivity index (χ3n) is 0.634. The molecule has 0 radical (unpaired) electrons. The topological polar surface area (TPSA) is 64.0 Å². The Morgan fingerprint density at radius 2 is 2.38 bits per heavy atom. The van der Waals surface area contributed by atoms with Crippen LogP contribution in [0.3, 0.4) is 0 Å². The van der Waals surface area contributed by atoms with Crippen LogP contribution >= 0.6 is 23.5 Å². The average molecular weight is 148 g/mol. The van der Waals surface area contributed by atoms with Crippen LogP contribution in [0.2, 0.25) is 0 Å². The van der Waals surface area contributed by atoms with Crippen LogP contribution in [-0.4, -0.2) is 15.4 Å². The van der Waals surface area contributed by atoms with Crippen molar-refractivity contribution in [2.75, 3.05) is 5.08 Å². The van der Waals surface area contributed by atoms with E-state index in [-0.39, 0.29) is 0 Å². The lowest BCUT2D eigenvalue weighted by atomic mass is 11.2. The van der Waals surface area contributed by atoms with Gasteiger partial charge in [-0.25, -0.2) is 0 Å². The molecule has 0 aromatic carbocycles. The predicted octanol–water partition coefficient (Wildman–Crippen LogP) is -1.15. The number of thioether (sulfide) groups is 2. The molecule has 1 aliphatic rings. The van der Waals surface area contributed by atoms with Gasteiger partial charge in [0.2, 0.25) is 0 Å². The third-order valence-corrected chi connectivity index (χ3v) is 2.35. The van der Waals surface area contributed by atoms with E-state index < -0.39 is 0 Å². The molecule has 1 rings (SSSR count). The van der Waals surface area contributed by atoms with Crippen LogP contribution in [0.15, 0.2) is 4.99 Å². The summed E-state index contributed by atoms with van der Waals surface area (Å²) in [6.07, 6.45) is 0. The molecule has 5 heteroatoms. The summed E-state index contributed by atoms with van der Waals surface area (Å²) in [4.78, 5) is 3.80. The molecule has 0 atom stereocenters. The SMILES string of the molecule is NC1=NC(=[NH2+])SCS1. The molecule has 0 aliphatic carbocycles. The molecule has 0 bridgehead atoms. The van der Waals surface area contributed by atoms with Gasteiger partial charge in [-0.3, -0.25) is 5.41 Å². The second-order valence-corrected chi connectivity index (χ2v) is 3.55. The number of amidine groups is 2. The van der Waals surface area contributed by atoms with Gasteiger partial charge in [0.15, 0.2) is 0 Å². The minimum Gasteiger partial charge on any atom is -0.357 e. The minimum absolute atomic E-state index is 0.571. The first-order chi connectivity index (χ1) is 3.79. The van der Waals surface area contributed by atoms with Gasteiger partial charge in [-0.15, -0.1) is 0 Å². The first kappa shape index (κ1) is 5.97. The van der Waals surface area contributed by atoms with Crippen LogP contribution in [0.4, 0.5) is 0 Å². The molecule has 1 aliphatic heterocycles. The van der Waals surface area contributed by atoms with Gasteiger partial charge < -0.3 is 5.73 Å². The molecule has 0 unspecified atom stereocenters. The lowest BCUT2D eigenvalue weighted by Gasteiger charge is -1.96. The summed E-state index contributed by atoms with van der Waals surface area (Å²) < 4.78 is 0. The van der Waals surface area contributed by atoms with Gasteiger partial charge in [0.25, 0.3) is 5.17 Å². The van der Waals surface area contributed by atoms with Crippen molar-refractivity contribution in [2.24, 2.45) is 10.7 Å². The minimum atomic E-state index is 0.571. The monoisotopic (exact) mass is 148 g/mol. The number of nitrogens with zero attached hydrogens (tertiary/aromatic N) is 1. The van der Waals surface area contributed by atoms with Crippen LogP contribution in [0.1, 0.15) is 0 Å². The van der Waals surface area contributed by atoms with Gasteiger partial charge in [-0.2, -0.15) is 0 Å². The van der Waals surface area contributed by atoms with E-state index in [2.05, 4.69) is 4.99 Å². The van der Waals surface area contributed by atoms with Crippen molar-refractivity contribution < 1.29 is 5.41 Å². The molecule has 44 valence electrons. The van der Waals surface area contributed by atoms with Gasteiger partial charge in [-0.1, -0.05) is 0 Å². The quantitative estimate of drug-likeness (QED) is 0.456. The summed E-state index contributed by atoms with van der Waals surface area (Å²) in [5, 5.41) is 7.36. The highest BCUT2D eigenvalue weighted by Crippen LogP contribution is 2.17. The van der Waals surface area contributed by atoms with E-state index in [9.17, 15) is 0 Å². The molecule has 4 N–H and O–H groups in total. The number of aliphatic imine (C=N–C) groups is 1. The summed E-state index contributed by atoms with van der Waals surface area (Å²) in [5.41, 5.74) is 5.32. The second kappa shape index (κ2) is 2.41. The number of hydrogen-bond donors (Lipinski definition) is 2. The molecule has 0 saturated heterocycles. The van der Waals surface area contributed by atoms with E-state index in [0.29, 0.717) is 10.3 Å². The number of nitrogens with two attached hydrogens (primary N) is 2. The van der Waals surface area contributed by atoms with E-state index in [1.54, 1.807) is 0 Å². The largest absolute Gasteiger partial charge is 0.357 e. The maximum absolute atomic E-state index is 5.32. The zero-order chi connectivity index (χ0) is 5.98. The summed E-state index contributed by atoms with van der Waals surface area (Å²) in [7, 11) is 0. The van der Waals surface area contributed by atoms with Gasteiger partial charge in [0.1, 0.15) is 0 Å². The lowest BCUT2D eigenvalue weighted by molar-refractivity contribution is -0.109. The zero-order valence-electron chi connectivity index (χ0n) is 4.13. The second-order valence-electron chi connectivity index (χ2n) is 1.19. The molecule has 0 amide bonds. The fourth-order valence-corrected chi connectivity index (χ4v) is 1.91. The van der Waals surface area contributed by atoms with Crippen LogP contribution in [0.5, 0.6) is 0 Å². The first-order valence-corrected chi connectivity index (χ1v) is 3.98. The lowest BCUT2D eigenvalue weighted by Crippen LogP contribution is -2.38. The van der Waals surface area contributed by atoms with Crippen LogP contribution in [0, 0.1) is 0 Å². The maximum atomic E-state index is 5.32. The van der Waals surface area contributed by atoms with Gasteiger partial charge in [0, 0.05) is 0 Å². The van der Waals surface area contributed by atoms with Gasteiger partial charge in [-0.05, 0) is 28.5 Å². The molecule has 0 saturated carbocycles. The highest BCUT2D eigenvalue weighted by Gasteiger charge is 2.14. The highest BCUT2D eigenvalue weighted by molar-refractivity contribution is 8.30. The molecule has 0 spiro atoms. The van der Waals surface area contributed by atoms with E-state index in [1.165, 1.54) is 23.5 Å². The van der Waals surface area contributed by atoms with Gasteiger partial charge in [0.05, 0.1) is 5.08 Å². The molecular weight excluding hydrogens is 142 g/mol. The fraction of sp³-hybridized carbons (Fsp3) is 0.333. The van der Waals surface area contributed by atoms with Gasteiger partial charge >= 0.3 is 5.17 Å². The maximum Gasteiger partial charge on any atom is 0.354 e. The Bertz CT molecular complexity index is 141. The van der Waals surface area contributed by atoms with Crippen molar-refractivity contribution in [1.82, 2.24) is 0 Å². The van der Waals surface area contributed by atoms with Crippen LogP contribution in [0.25, 0.3) is 0 Å². The Morgan fingerprint density at radius 3 is 2.75 bits per heavy atom. The molecular formula is C3H6N3S2+. The fourth-order valence-electron chi connectivity index (χ4n) is 0.323. The Morgan fingerprint density at radius 1 is 1.62 bits per heavy atom. The Hall–Kier alpha value is -0.160. The third kappa shape index (κ3) is 1.41. The molecule has 0 aromatic rings. The van der Waals surface area contributed by atoms with Crippen molar-refractivity contribution >= 4 is 33.9 Å². The molecule has 3 nitrogen and oxygen atoms in total. The first-order valence-electron chi connectivity index (χ1n) is 2.01. The normalized spacial score (nSPS) is 20.5. The molecule has 0 aromatic heterocycles. The van der Waals surface area contributed by atoms with E-state index in [1.807, 2.05) is 0 Å². The summed E-state index contributed by atoms with van der Waals surface area (Å²) in [5.74, 6) is 0. The Labute approximate surface area is 55.6 Å². The van der Waals surface area contributed by atoms with Crippen LogP contribution < -0.4 is 11.1 Å². The summed E-state index contributed by atoms with van der Waals surface area (Å²) >= 11 is 3.02. The van der Waals surface area contributed by atoms with E-state index in [0.717, 1.165) is 5.08 Å². The zero-order valence-corrected chi connectivity index (χ0v) is 5.76. The van der Waals surface area contributed by atoms with Crippen molar-refractivity contribution in [3.63, 3.8) is 0 Å². The number of hydrogen-bond acceptors (Lipinski definition) is 3. The van der Waals surface area contributed by atoms with Crippen molar-refractivity contribution in [3.05, 3.63) is 0 Å². The Kier molecular flexibility index (Phi) is 1.80. The molecule has 0 fully saturated rings. The standard InChI is InChI=1S/C3H5N3S2/c4-2-6-3(5)8-1-7-2/h1H2,(H3,4,5,6)/p+1. The van der Waals surface area contributed by atoms with E-state index >= 15 is 0 Å². The Balaban J connectivity index is 2.64. The average Bonchev–Trinajstić information content (AvgIpc) is 1.64. The number of rotatable bonds is 0. The molecule has 1 heterocycles. The summed E-state index contributed by atoms with van der Waals surface area (Å²) in [6.45, 7) is 0. The van der Waals surface area contributed by atoms with Crippen molar-refractivity contribution in [2.45, 2.75) is 0 Å².